The molecule has 1 heterocycles. The highest BCUT2D eigenvalue weighted by atomic mass is 19.1. The van der Waals surface area contributed by atoms with Crippen molar-refractivity contribution in [1.82, 2.24) is 15.2 Å². The van der Waals surface area contributed by atoms with Crippen molar-refractivity contribution in [2.45, 2.75) is 20.0 Å². The molecule has 0 spiro atoms. The zero-order valence-electron chi connectivity index (χ0n) is 14.3. The van der Waals surface area contributed by atoms with Gasteiger partial charge in [0, 0.05) is 38.9 Å². The van der Waals surface area contributed by atoms with E-state index in [1.165, 1.54) is 12.1 Å². The number of rotatable bonds is 6. The fourth-order valence-corrected chi connectivity index (χ4v) is 2.32. The van der Waals surface area contributed by atoms with E-state index in [2.05, 4.69) is 15.3 Å². The molecule has 24 heavy (non-hydrogen) atoms. The Kier molecular flexibility index (Phi) is 6.54. The third kappa shape index (κ3) is 4.94. The van der Waals surface area contributed by atoms with Crippen molar-refractivity contribution in [2.24, 2.45) is 4.99 Å². The van der Waals surface area contributed by atoms with Gasteiger partial charge in [-0.3, -0.25) is 4.99 Å². The topological polar surface area (TPSA) is 49.8 Å². The van der Waals surface area contributed by atoms with Gasteiger partial charge in [-0.15, -0.1) is 0 Å². The van der Waals surface area contributed by atoms with Gasteiger partial charge in [-0.25, -0.2) is 9.37 Å². The van der Waals surface area contributed by atoms with Crippen LogP contribution in [0.5, 0.6) is 5.88 Å². The van der Waals surface area contributed by atoms with Gasteiger partial charge in [-0.05, 0) is 30.7 Å². The summed E-state index contributed by atoms with van der Waals surface area (Å²) in [5, 5.41) is 3.30. The van der Waals surface area contributed by atoms with Gasteiger partial charge in [-0.1, -0.05) is 18.2 Å². The molecule has 0 radical (unpaired) electrons. The van der Waals surface area contributed by atoms with Gasteiger partial charge in [0.05, 0.1) is 6.61 Å². The highest BCUT2D eigenvalue weighted by molar-refractivity contribution is 5.79. The minimum atomic E-state index is -0.232. The number of hydrogen-bond donors (Lipinski definition) is 1. The van der Waals surface area contributed by atoms with Crippen molar-refractivity contribution in [3.8, 4) is 5.88 Å². The molecule has 0 bridgehead atoms. The lowest BCUT2D eigenvalue weighted by atomic mass is 10.2. The smallest absolute Gasteiger partial charge is 0.218 e. The Morgan fingerprint density at radius 2 is 2.04 bits per heavy atom. The van der Waals surface area contributed by atoms with Crippen LogP contribution in [0.1, 0.15) is 18.1 Å². The first-order valence-corrected chi connectivity index (χ1v) is 7.87. The number of nitrogens with zero attached hydrogens (tertiary/aromatic N) is 3. The Hall–Kier alpha value is -2.63. The van der Waals surface area contributed by atoms with E-state index in [4.69, 9.17) is 4.74 Å². The van der Waals surface area contributed by atoms with Crippen molar-refractivity contribution in [2.75, 3.05) is 20.7 Å². The maximum Gasteiger partial charge on any atom is 0.218 e. The molecular formula is C18H23FN4O. The second-order valence-corrected chi connectivity index (χ2v) is 5.28. The average molecular weight is 330 g/mol. The average Bonchev–Trinajstić information content (AvgIpc) is 2.59. The van der Waals surface area contributed by atoms with Crippen LogP contribution in [0.15, 0.2) is 47.6 Å². The first kappa shape index (κ1) is 17.7. The Balaban J connectivity index is 1.98. The van der Waals surface area contributed by atoms with E-state index in [0.717, 1.165) is 17.1 Å². The van der Waals surface area contributed by atoms with E-state index in [1.54, 1.807) is 25.4 Å². The van der Waals surface area contributed by atoms with Gasteiger partial charge in [0.1, 0.15) is 5.82 Å². The second kappa shape index (κ2) is 8.86. The molecule has 0 aliphatic heterocycles. The van der Waals surface area contributed by atoms with Crippen molar-refractivity contribution >= 4 is 5.96 Å². The number of aromatic nitrogens is 1. The predicted octanol–water partition coefficient (Wildman–Crippen LogP) is 2.83. The molecule has 1 aromatic heterocycles. The van der Waals surface area contributed by atoms with Gasteiger partial charge in [0.15, 0.2) is 5.96 Å². The Bertz CT molecular complexity index is 673. The van der Waals surface area contributed by atoms with Gasteiger partial charge in [0.25, 0.3) is 0 Å². The molecule has 2 aromatic rings. The quantitative estimate of drug-likeness (QED) is 0.654. The highest BCUT2D eigenvalue weighted by Crippen LogP contribution is 2.14. The summed E-state index contributed by atoms with van der Waals surface area (Å²) in [5.41, 5.74) is 1.98. The van der Waals surface area contributed by atoms with E-state index in [1.807, 2.05) is 31.0 Å². The van der Waals surface area contributed by atoms with Crippen LogP contribution in [-0.2, 0) is 13.1 Å². The maximum absolute atomic E-state index is 13.0. The molecule has 0 amide bonds. The lowest BCUT2D eigenvalue weighted by Crippen LogP contribution is -2.38. The molecule has 0 aliphatic rings. The predicted molar refractivity (Wildman–Crippen MR) is 93.5 cm³/mol. The monoisotopic (exact) mass is 330 g/mol. The molecule has 0 saturated heterocycles. The molecule has 0 atom stereocenters. The number of nitrogens with one attached hydrogen (secondary N) is 1. The van der Waals surface area contributed by atoms with Gasteiger partial charge < -0.3 is 15.0 Å². The molecular weight excluding hydrogens is 307 g/mol. The number of benzene rings is 1. The van der Waals surface area contributed by atoms with Crippen LogP contribution in [-0.4, -0.2) is 36.5 Å². The number of ether oxygens (including phenoxy) is 1. The third-order valence-electron chi connectivity index (χ3n) is 3.47. The largest absolute Gasteiger partial charge is 0.478 e. The SMILES string of the molecule is CCOc1ncccc1CNC(=NC)N(C)Cc1ccc(F)cc1. The molecule has 6 heteroatoms. The first-order chi connectivity index (χ1) is 11.6. The molecule has 1 aromatic carbocycles. The zero-order chi connectivity index (χ0) is 17.4. The van der Waals surface area contributed by atoms with E-state index < -0.39 is 0 Å². The summed E-state index contributed by atoms with van der Waals surface area (Å²) >= 11 is 0. The third-order valence-corrected chi connectivity index (χ3v) is 3.47. The molecule has 0 fully saturated rings. The summed E-state index contributed by atoms with van der Waals surface area (Å²) in [4.78, 5) is 10.5. The number of guanidine groups is 1. The van der Waals surface area contributed by atoms with Crippen LogP contribution in [0.25, 0.3) is 0 Å². The standard InChI is InChI=1S/C18H23FN4O/c1-4-24-17-15(6-5-11-21-17)12-22-18(20-2)23(3)13-14-7-9-16(19)10-8-14/h5-11H,4,12-13H2,1-3H3,(H,20,22). The molecule has 0 saturated carbocycles. The van der Waals surface area contributed by atoms with Crippen molar-refractivity contribution in [3.05, 3.63) is 59.5 Å². The Labute approximate surface area is 142 Å². The fourth-order valence-electron chi connectivity index (χ4n) is 2.32. The number of halogens is 1. The summed E-state index contributed by atoms with van der Waals surface area (Å²) in [7, 11) is 3.67. The van der Waals surface area contributed by atoms with Crippen LogP contribution in [0.3, 0.4) is 0 Å². The Morgan fingerprint density at radius 1 is 1.29 bits per heavy atom. The van der Waals surface area contributed by atoms with Crippen LogP contribution in [0, 0.1) is 5.82 Å². The minimum Gasteiger partial charge on any atom is -0.478 e. The van der Waals surface area contributed by atoms with Crippen LogP contribution in [0.4, 0.5) is 4.39 Å². The fraction of sp³-hybridized carbons (Fsp3) is 0.333. The summed E-state index contributed by atoms with van der Waals surface area (Å²) in [6.07, 6.45) is 1.71. The van der Waals surface area contributed by atoms with Gasteiger partial charge >= 0.3 is 0 Å². The minimum absolute atomic E-state index is 0.232. The molecule has 5 nitrogen and oxygen atoms in total. The van der Waals surface area contributed by atoms with E-state index >= 15 is 0 Å². The van der Waals surface area contributed by atoms with E-state index in [-0.39, 0.29) is 5.82 Å². The molecule has 0 unspecified atom stereocenters. The van der Waals surface area contributed by atoms with E-state index in [9.17, 15) is 4.39 Å². The maximum atomic E-state index is 13.0. The van der Waals surface area contributed by atoms with E-state index in [0.29, 0.717) is 25.6 Å². The summed E-state index contributed by atoms with van der Waals surface area (Å²) in [6, 6.07) is 10.3. The van der Waals surface area contributed by atoms with Gasteiger partial charge in [-0.2, -0.15) is 0 Å². The van der Waals surface area contributed by atoms with Gasteiger partial charge in [0.2, 0.25) is 5.88 Å². The normalized spacial score (nSPS) is 11.2. The van der Waals surface area contributed by atoms with Crippen LogP contribution < -0.4 is 10.1 Å². The highest BCUT2D eigenvalue weighted by Gasteiger charge is 2.09. The molecule has 128 valence electrons. The summed E-state index contributed by atoms with van der Waals surface area (Å²) < 4.78 is 18.5. The molecule has 2 rings (SSSR count). The van der Waals surface area contributed by atoms with Crippen LogP contribution >= 0.6 is 0 Å². The number of aliphatic imine (C=N–C) groups is 1. The number of pyridine rings is 1. The van der Waals surface area contributed by atoms with Crippen molar-refractivity contribution in [1.29, 1.82) is 0 Å². The second-order valence-electron chi connectivity index (χ2n) is 5.28. The summed E-state index contributed by atoms with van der Waals surface area (Å²) in [6.45, 7) is 3.69. The Morgan fingerprint density at radius 3 is 2.71 bits per heavy atom. The van der Waals surface area contributed by atoms with Crippen LogP contribution in [0.2, 0.25) is 0 Å². The lowest BCUT2D eigenvalue weighted by molar-refractivity contribution is 0.322. The summed E-state index contributed by atoms with van der Waals surface area (Å²) in [5.74, 6) is 1.14. The number of hydrogen-bond acceptors (Lipinski definition) is 3. The lowest BCUT2D eigenvalue weighted by Gasteiger charge is -2.22. The molecule has 1 N–H and O–H groups in total. The zero-order valence-corrected chi connectivity index (χ0v) is 14.3. The van der Waals surface area contributed by atoms with Crippen molar-refractivity contribution < 1.29 is 9.13 Å². The first-order valence-electron chi connectivity index (χ1n) is 7.87. The molecule has 0 aliphatic carbocycles. The van der Waals surface area contributed by atoms with Crippen molar-refractivity contribution in [3.63, 3.8) is 0 Å².